The van der Waals surface area contributed by atoms with E-state index in [1.165, 1.54) is 22.2 Å². The van der Waals surface area contributed by atoms with Crippen molar-refractivity contribution in [2.75, 3.05) is 11.4 Å². The Morgan fingerprint density at radius 3 is 2.50 bits per heavy atom. The molecule has 0 spiro atoms. The van der Waals surface area contributed by atoms with E-state index < -0.39 is 0 Å². The molecule has 26 heavy (non-hydrogen) atoms. The minimum Gasteiger partial charge on any atom is -0.303 e. The molecule has 0 N–H and O–H groups in total. The number of aryl methyl sites for hydroxylation is 1. The Hall–Kier alpha value is -2.80. The third kappa shape index (κ3) is 4.23. The first-order chi connectivity index (χ1) is 12.5. The van der Waals surface area contributed by atoms with E-state index in [-0.39, 0.29) is 24.8 Å². The summed E-state index contributed by atoms with van der Waals surface area (Å²) in [6.45, 7) is 1.89. The number of benzene rings is 2. The number of aromatic nitrogens is 3. The molecule has 0 aliphatic rings. The second-order valence-electron chi connectivity index (χ2n) is 5.79. The fourth-order valence-corrected chi connectivity index (χ4v) is 2.85. The summed E-state index contributed by atoms with van der Waals surface area (Å²) in [5.41, 5.74) is 2.19. The standard InChI is InChI=1S/C19H17BrN4O2/c1-14-4-2-3-5-17(14)24(19(26)11-23-13-21-12-22-23)10-18(25)15-6-8-16(20)9-7-15/h2-9,12-13H,10-11H2,1H3. The molecule has 1 aromatic heterocycles. The van der Waals surface area contributed by atoms with E-state index in [1.807, 2.05) is 43.3 Å². The summed E-state index contributed by atoms with van der Waals surface area (Å²) in [7, 11) is 0. The van der Waals surface area contributed by atoms with E-state index in [9.17, 15) is 9.59 Å². The number of rotatable bonds is 6. The van der Waals surface area contributed by atoms with E-state index in [0.29, 0.717) is 11.3 Å². The van der Waals surface area contributed by atoms with Crippen LogP contribution < -0.4 is 4.90 Å². The van der Waals surface area contributed by atoms with Crippen LogP contribution in [0.5, 0.6) is 0 Å². The zero-order chi connectivity index (χ0) is 18.5. The number of hydrogen-bond donors (Lipinski definition) is 0. The molecule has 0 atom stereocenters. The highest BCUT2D eigenvalue weighted by Crippen LogP contribution is 2.21. The molecule has 0 aliphatic carbocycles. The van der Waals surface area contributed by atoms with Gasteiger partial charge in [0.25, 0.3) is 0 Å². The number of ketones is 1. The second kappa shape index (κ2) is 8.05. The van der Waals surface area contributed by atoms with Gasteiger partial charge in [0.1, 0.15) is 19.2 Å². The van der Waals surface area contributed by atoms with Gasteiger partial charge in [-0.25, -0.2) is 9.67 Å². The first-order valence-electron chi connectivity index (χ1n) is 8.02. The first-order valence-corrected chi connectivity index (χ1v) is 8.81. The van der Waals surface area contributed by atoms with E-state index in [2.05, 4.69) is 26.0 Å². The van der Waals surface area contributed by atoms with Crippen molar-refractivity contribution >= 4 is 33.3 Å². The molecule has 132 valence electrons. The predicted octanol–water partition coefficient (Wildman–Crippen LogP) is 3.27. The van der Waals surface area contributed by atoms with Gasteiger partial charge in [0.2, 0.25) is 5.91 Å². The monoisotopic (exact) mass is 412 g/mol. The van der Waals surface area contributed by atoms with Crippen molar-refractivity contribution in [2.24, 2.45) is 0 Å². The van der Waals surface area contributed by atoms with Crippen LogP contribution in [0.4, 0.5) is 5.69 Å². The number of para-hydroxylation sites is 1. The zero-order valence-electron chi connectivity index (χ0n) is 14.2. The molecular weight excluding hydrogens is 396 g/mol. The number of hydrogen-bond acceptors (Lipinski definition) is 4. The number of halogens is 1. The number of carbonyl (C=O) groups excluding carboxylic acids is 2. The molecule has 6 nitrogen and oxygen atoms in total. The van der Waals surface area contributed by atoms with Gasteiger partial charge in [-0.3, -0.25) is 9.59 Å². The smallest absolute Gasteiger partial charge is 0.249 e. The molecule has 0 saturated carbocycles. The van der Waals surface area contributed by atoms with Gasteiger partial charge in [0.15, 0.2) is 5.78 Å². The molecule has 1 heterocycles. The fourth-order valence-electron chi connectivity index (χ4n) is 2.58. The summed E-state index contributed by atoms with van der Waals surface area (Å²) in [4.78, 5) is 30.9. The van der Waals surface area contributed by atoms with Crippen LogP contribution in [0.2, 0.25) is 0 Å². The molecule has 7 heteroatoms. The summed E-state index contributed by atoms with van der Waals surface area (Å²) in [5, 5.41) is 3.97. The molecule has 0 bridgehead atoms. The molecule has 3 aromatic rings. The molecular formula is C19H17BrN4O2. The molecule has 3 rings (SSSR count). The Bertz CT molecular complexity index is 908. The lowest BCUT2D eigenvalue weighted by molar-refractivity contribution is -0.119. The second-order valence-corrected chi connectivity index (χ2v) is 6.71. The van der Waals surface area contributed by atoms with E-state index in [4.69, 9.17) is 0 Å². The molecule has 0 aliphatic heterocycles. The Kier molecular flexibility index (Phi) is 5.58. The van der Waals surface area contributed by atoms with Crippen molar-refractivity contribution < 1.29 is 9.59 Å². The van der Waals surface area contributed by atoms with Crippen molar-refractivity contribution in [3.05, 3.63) is 76.8 Å². The minimum atomic E-state index is -0.227. The zero-order valence-corrected chi connectivity index (χ0v) is 15.8. The molecule has 0 unspecified atom stereocenters. The minimum absolute atomic E-state index is 0.0158. The van der Waals surface area contributed by atoms with Crippen molar-refractivity contribution in [1.29, 1.82) is 0 Å². The number of anilines is 1. The number of nitrogens with zero attached hydrogens (tertiary/aromatic N) is 4. The summed E-state index contributed by atoms with van der Waals surface area (Å²) >= 11 is 3.36. The largest absolute Gasteiger partial charge is 0.303 e. The van der Waals surface area contributed by atoms with Gasteiger partial charge in [0.05, 0.1) is 6.54 Å². The van der Waals surface area contributed by atoms with Crippen molar-refractivity contribution in [3.63, 3.8) is 0 Å². The maximum absolute atomic E-state index is 12.9. The highest BCUT2D eigenvalue weighted by molar-refractivity contribution is 9.10. The highest BCUT2D eigenvalue weighted by atomic mass is 79.9. The van der Waals surface area contributed by atoms with Gasteiger partial charge < -0.3 is 4.90 Å². The Labute approximate surface area is 159 Å². The van der Waals surface area contributed by atoms with E-state index >= 15 is 0 Å². The number of carbonyl (C=O) groups is 2. The van der Waals surface area contributed by atoms with Crippen LogP contribution in [-0.4, -0.2) is 33.0 Å². The Balaban J connectivity index is 1.87. The average Bonchev–Trinajstić information content (AvgIpc) is 3.13. The summed E-state index contributed by atoms with van der Waals surface area (Å²) in [6.07, 6.45) is 2.85. The SMILES string of the molecule is Cc1ccccc1N(CC(=O)c1ccc(Br)cc1)C(=O)Cn1cncn1. The Morgan fingerprint density at radius 1 is 1.12 bits per heavy atom. The Morgan fingerprint density at radius 2 is 1.85 bits per heavy atom. The van der Waals surface area contributed by atoms with Gasteiger partial charge in [-0.1, -0.05) is 46.3 Å². The van der Waals surface area contributed by atoms with Crippen LogP contribution >= 0.6 is 15.9 Å². The van der Waals surface area contributed by atoms with Gasteiger partial charge >= 0.3 is 0 Å². The van der Waals surface area contributed by atoms with Gasteiger partial charge in [-0.05, 0) is 30.7 Å². The van der Waals surface area contributed by atoms with Crippen LogP contribution in [0.1, 0.15) is 15.9 Å². The average molecular weight is 413 g/mol. The van der Waals surface area contributed by atoms with Gasteiger partial charge in [-0.15, -0.1) is 0 Å². The van der Waals surface area contributed by atoms with E-state index in [0.717, 1.165) is 10.0 Å². The number of Topliss-reactive ketones (excluding diaryl/α,β-unsaturated/α-hetero) is 1. The fraction of sp³-hybridized carbons (Fsp3) is 0.158. The maximum Gasteiger partial charge on any atom is 0.249 e. The lowest BCUT2D eigenvalue weighted by Crippen LogP contribution is -2.38. The maximum atomic E-state index is 12.9. The molecule has 0 saturated heterocycles. The van der Waals surface area contributed by atoms with Crippen LogP contribution in [0, 0.1) is 6.92 Å². The molecule has 2 aromatic carbocycles. The quantitative estimate of drug-likeness (QED) is 0.582. The molecule has 0 fully saturated rings. The van der Waals surface area contributed by atoms with Crippen LogP contribution in [0.25, 0.3) is 0 Å². The van der Waals surface area contributed by atoms with Crippen LogP contribution in [0.15, 0.2) is 65.7 Å². The van der Waals surface area contributed by atoms with Gasteiger partial charge in [-0.2, -0.15) is 5.10 Å². The summed E-state index contributed by atoms with van der Waals surface area (Å²) in [6, 6.07) is 14.6. The van der Waals surface area contributed by atoms with Crippen molar-refractivity contribution in [1.82, 2.24) is 14.8 Å². The van der Waals surface area contributed by atoms with E-state index in [1.54, 1.807) is 12.1 Å². The lowest BCUT2D eigenvalue weighted by atomic mass is 10.1. The summed E-state index contributed by atoms with van der Waals surface area (Å²) in [5.74, 6) is -0.358. The molecule has 0 radical (unpaired) electrons. The third-order valence-electron chi connectivity index (χ3n) is 3.94. The first kappa shape index (κ1) is 18.0. The predicted molar refractivity (Wildman–Crippen MR) is 102 cm³/mol. The van der Waals surface area contributed by atoms with Crippen LogP contribution in [0.3, 0.4) is 0 Å². The van der Waals surface area contributed by atoms with Crippen LogP contribution in [-0.2, 0) is 11.3 Å². The topological polar surface area (TPSA) is 68.1 Å². The van der Waals surface area contributed by atoms with Crippen molar-refractivity contribution in [2.45, 2.75) is 13.5 Å². The lowest BCUT2D eigenvalue weighted by Gasteiger charge is -2.24. The van der Waals surface area contributed by atoms with Gasteiger partial charge in [0, 0.05) is 15.7 Å². The summed E-state index contributed by atoms with van der Waals surface area (Å²) < 4.78 is 2.34. The number of amides is 1. The third-order valence-corrected chi connectivity index (χ3v) is 4.47. The normalized spacial score (nSPS) is 10.5. The van der Waals surface area contributed by atoms with Crippen molar-refractivity contribution in [3.8, 4) is 0 Å². The highest BCUT2D eigenvalue weighted by Gasteiger charge is 2.22. The molecule has 1 amide bonds.